The fraction of sp³-hybridized carbons (Fsp3) is 1.00. The van der Waals surface area contributed by atoms with Crippen molar-refractivity contribution in [3.05, 3.63) is 0 Å². The van der Waals surface area contributed by atoms with Crippen molar-refractivity contribution in [3.8, 4) is 0 Å². The average molecular weight is 180 g/mol. The van der Waals surface area contributed by atoms with E-state index in [0.717, 1.165) is 6.54 Å². The fourth-order valence-corrected chi connectivity index (χ4v) is 1.12. The predicted molar refractivity (Wildman–Crippen MR) is 46.6 cm³/mol. The molecule has 0 aromatic rings. The zero-order chi connectivity index (χ0) is 8.85. The SMILES string of the molecule is CCN(CCN(C)C)S(=O)O. The van der Waals surface area contributed by atoms with E-state index in [4.69, 9.17) is 4.55 Å². The Morgan fingerprint density at radius 1 is 1.36 bits per heavy atom. The van der Waals surface area contributed by atoms with Crippen molar-refractivity contribution in [2.45, 2.75) is 6.92 Å². The zero-order valence-corrected chi connectivity index (χ0v) is 8.10. The van der Waals surface area contributed by atoms with Gasteiger partial charge in [0, 0.05) is 19.6 Å². The quantitative estimate of drug-likeness (QED) is 0.606. The molecule has 0 amide bonds. The van der Waals surface area contributed by atoms with Gasteiger partial charge in [0.05, 0.1) is 0 Å². The van der Waals surface area contributed by atoms with Crippen molar-refractivity contribution in [2.75, 3.05) is 33.7 Å². The Kier molecular flexibility index (Phi) is 5.67. The summed E-state index contributed by atoms with van der Waals surface area (Å²) in [6.07, 6.45) is 0. The lowest BCUT2D eigenvalue weighted by Gasteiger charge is -2.17. The highest BCUT2D eigenvalue weighted by atomic mass is 32.2. The lowest BCUT2D eigenvalue weighted by atomic mass is 10.5. The van der Waals surface area contributed by atoms with Gasteiger partial charge in [-0.3, -0.25) is 4.55 Å². The minimum atomic E-state index is -1.81. The van der Waals surface area contributed by atoms with Crippen LogP contribution in [0.25, 0.3) is 0 Å². The van der Waals surface area contributed by atoms with Crippen LogP contribution in [0.1, 0.15) is 6.92 Å². The maximum Gasteiger partial charge on any atom is 0.234 e. The first kappa shape index (κ1) is 11.0. The first-order chi connectivity index (χ1) is 5.07. The first-order valence-electron chi connectivity index (χ1n) is 3.58. The van der Waals surface area contributed by atoms with Crippen LogP contribution in [0, 0.1) is 0 Å². The Labute approximate surface area is 70.6 Å². The normalized spacial score (nSPS) is 14.4. The van der Waals surface area contributed by atoms with Crippen LogP contribution >= 0.6 is 0 Å². The van der Waals surface area contributed by atoms with Gasteiger partial charge >= 0.3 is 0 Å². The van der Waals surface area contributed by atoms with Crippen molar-refractivity contribution in [1.29, 1.82) is 0 Å². The number of hydrogen-bond acceptors (Lipinski definition) is 2. The molecule has 0 spiro atoms. The molecule has 0 aliphatic carbocycles. The molecule has 0 saturated carbocycles. The van der Waals surface area contributed by atoms with Crippen LogP contribution in [0.5, 0.6) is 0 Å². The predicted octanol–water partition coefficient (Wildman–Crippen LogP) is 0.00660. The molecule has 0 bridgehead atoms. The van der Waals surface area contributed by atoms with E-state index in [9.17, 15) is 4.21 Å². The van der Waals surface area contributed by atoms with Gasteiger partial charge < -0.3 is 4.90 Å². The van der Waals surface area contributed by atoms with Crippen LogP contribution in [-0.2, 0) is 11.3 Å². The summed E-state index contributed by atoms with van der Waals surface area (Å²) in [7, 11) is 3.88. The Balaban J connectivity index is 3.61. The number of rotatable bonds is 5. The Morgan fingerprint density at radius 3 is 2.18 bits per heavy atom. The molecule has 0 fully saturated rings. The van der Waals surface area contributed by atoms with Gasteiger partial charge in [0.15, 0.2) is 0 Å². The lowest BCUT2D eigenvalue weighted by Crippen LogP contribution is -2.32. The van der Waals surface area contributed by atoms with Crippen LogP contribution in [0.3, 0.4) is 0 Å². The van der Waals surface area contributed by atoms with Crippen molar-refractivity contribution in [2.24, 2.45) is 0 Å². The Hall–Kier alpha value is 0.0300. The second-order valence-corrected chi connectivity index (χ2v) is 3.53. The van der Waals surface area contributed by atoms with E-state index in [0.29, 0.717) is 13.1 Å². The van der Waals surface area contributed by atoms with Crippen LogP contribution in [0.4, 0.5) is 0 Å². The van der Waals surface area contributed by atoms with E-state index in [2.05, 4.69) is 0 Å². The summed E-state index contributed by atoms with van der Waals surface area (Å²) in [5, 5.41) is 0. The van der Waals surface area contributed by atoms with Crippen LogP contribution < -0.4 is 0 Å². The van der Waals surface area contributed by atoms with Gasteiger partial charge in [-0.25, -0.2) is 8.51 Å². The minimum absolute atomic E-state index is 0.608. The maximum absolute atomic E-state index is 10.6. The maximum atomic E-state index is 10.6. The molecule has 0 saturated heterocycles. The summed E-state index contributed by atoms with van der Waals surface area (Å²) in [5.41, 5.74) is 0. The van der Waals surface area contributed by atoms with E-state index in [-0.39, 0.29) is 0 Å². The summed E-state index contributed by atoms with van der Waals surface area (Å²) < 4.78 is 20.8. The summed E-state index contributed by atoms with van der Waals surface area (Å²) in [4.78, 5) is 1.98. The van der Waals surface area contributed by atoms with Gasteiger partial charge in [0.25, 0.3) is 0 Å². The molecule has 1 unspecified atom stereocenters. The molecule has 0 radical (unpaired) electrons. The van der Waals surface area contributed by atoms with Crippen molar-refractivity contribution >= 4 is 11.3 Å². The average Bonchev–Trinajstić information content (AvgIpc) is 1.87. The molecule has 0 aromatic carbocycles. The van der Waals surface area contributed by atoms with E-state index >= 15 is 0 Å². The molecule has 0 aliphatic heterocycles. The number of hydrogen-bond donors (Lipinski definition) is 1. The molecule has 1 atom stereocenters. The second-order valence-electron chi connectivity index (χ2n) is 2.56. The first-order valence-corrected chi connectivity index (χ1v) is 4.65. The van der Waals surface area contributed by atoms with Crippen LogP contribution in [-0.4, -0.2) is 51.7 Å². The monoisotopic (exact) mass is 180 g/mol. The van der Waals surface area contributed by atoms with Crippen molar-refractivity contribution < 1.29 is 8.76 Å². The minimum Gasteiger partial charge on any atom is -0.308 e. The van der Waals surface area contributed by atoms with Crippen LogP contribution in [0.2, 0.25) is 0 Å². The van der Waals surface area contributed by atoms with Gasteiger partial charge in [0.1, 0.15) is 0 Å². The Bertz CT molecular complexity index is 130. The molecule has 68 valence electrons. The fourth-order valence-electron chi connectivity index (χ4n) is 0.658. The van der Waals surface area contributed by atoms with Gasteiger partial charge in [0.2, 0.25) is 11.3 Å². The third-order valence-electron chi connectivity index (χ3n) is 1.37. The summed E-state index contributed by atoms with van der Waals surface area (Å²) in [6, 6.07) is 0. The molecular weight excluding hydrogens is 164 g/mol. The Morgan fingerprint density at radius 2 is 1.91 bits per heavy atom. The molecule has 0 heterocycles. The van der Waals surface area contributed by atoms with E-state index < -0.39 is 11.3 Å². The van der Waals surface area contributed by atoms with Gasteiger partial charge in [-0.2, -0.15) is 0 Å². The van der Waals surface area contributed by atoms with Gasteiger partial charge in [-0.15, -0.1) is 0 Å². The smallest absolute Gasteiger partial charge is 0.234 e. The summed E-state index contributed by atoms with van der Waals surface area (Å²) >= 11 is -1.81. The molecule has 0 rings (SSSR count). The number of likely N-dealkylation sites (N-methyl/N-ethyl adjacent to an activating group) is 2. The van der Waals surface area contributed by atoms with E-state index in [1.54, 1.807) is 0 Å². The molecule has 4 nitrogen and oxygen atoms in total. The topological polar surface area (TPSA) is 43.8 Å². The third kappa shape index (κ3) is 5.32. The molecule has 1 N–H and O–H groups in total. The van der Waals surface area contributed by atoms with Gasteiger partial charge in [-0.05, 0) is 14.1 Å². The third-order valence-corrected chi connectivity index (χ3v) is 2.25. The molecule has 0 aliphatic rings. The molecular formula is C6H16N2O2S. The summed E-state index contributed by atoms with van der Waals surface area (Å²) in [6.45, 7) is 3.91. The van der Waals surface area contributed by atoms with Crippen LogP contribution in [0.15, 0.2) is 0 Å². The standard InChI is InChI=1S/C6H16N2O2S/c1-4-8(11(9)10)6-5-7(2)3/h4-6H2,1-3H3,(H,9,10). The molecule has 11 heavy (non-hydrogen) atoms. The lowest BCUT2D eigenvalue weighted by molar-refractivity contribution is 0.335. The highest BCUT2D eigenvalue weighted by Gasteiger charge is 2.07. The van der Waals surface area contributed by atoms with Gasteiger partial charge in [-0.1, -0.05) is 6.92 Å². The molecule has 0 aromatic heterocycles. The highest BCUT2D eigenvalue weighted by molar-refractivity contribution is 7.76. The highest BCUT2D eigenvalue weighted by Crippen LogP contribution is 1.90. The summed E-state index contributed by atoms with van der Waals surface area (Å²) in [5.74, 6) is 0. The van der Waals surface area contributed by atoms with E-state index in [1.807, 2.05) is 25.9 Å². The van der Waals surface area contributed by atoms with E-state index in [1.165, 1.54) is 4.31 Å². The second kappa shape index (κ2) is 5.65. The number of nitrogens with zero attached hydrogens (tertiary/aromatic N) is 2. The van der Waals surface area contributed by atoms with Crippen molar-refractivity contribution in [1.82, 2.24) is 9.21 Å². The largest absolute Gasteiger partial charge is 0.308 e. The zero-order valence-electron chi connectivity index (χ0n) is 7.28. The molecule has 5 heteroatoms. The van der Waals surface area contributed by atoms with Crippen molar-refractivity contribution in [3.63, 3.8) is 0 Å².